The van der Waals surface area contributed by atoms with Crippen LogP contribution in [0.2, 0.25) is 0 Å². The molecule has 0 spiro atoms. The minimum Gasteiger partial charge on any atom is -0.312 e. The van der Waals surface area contributed by atoms with E-state index in [9.17, 15) is 18.0 Å². The van der Waals surface area contributed by atoms with E-state index in [1.54, 1.807) is 22.8 Å². The maximum absolute atomic E-state index is 13.0. The summed E-state index contributed by atoms with van der Waals surface area (Å²) in [5.41, 5.74) is 0.886. The Hall–Kier alpha value is -2.68. The van der Waals surface area contributed by atoms with Gasteiger partial charge in [0.2, 0.25) is 0 Å². The van der Waals surface area contributed by atoms with Crippen molar-refractivity contribution in [3.63, 3.8) is 0 Å². The summed E-state index contributed by atoms with van der Waals surface area (Å²) in [6.45, 7) is 1.87. The number of halogens is 3. The van der Waals surface area contributed by atoms with Crippen molar-refractivity contribution in [2.45, 2.75) is 19.5 Å². The molecule has 0 saturated carbocycles. The van der Waals surface area contributed by atoms with Crippen molar-refractivity contribution in [2.24, 2.45) is 0 Å². The van der Waals surface area contributed by atoms with Gasteiger partial charge in [-0.05, 0) is 30.3 Å². The average molecular weight is 364 g/mol. The first-order valence-corrected chi connectivity index (χ1v) is 8.27. The average Bonchev–Trinajstić information content (AvgIpc) is 3.11. The molecule has 0 saturated heterocycles. The fourth-order valence-electron chi connectivity index (χ4n) is 2.74. The molecule has 1 N–H and O–H groups in total. The second-order valence-electron chi connectivity index (χ2n) is 5.45. The molecule has 3 heterocycles. The van der Waals surface area contributed by atoms with Gasteiger partial charge in [-0.25, -0.2) is 9.97 Å². The Bertz CT molecular complexity index is 1160. The normalized spacial score (nSPS) is 12.3. The molecule has 1 aromatic carbocycles. The van der Waals surface area contributed by atoms with Crippen molar-refractivity contribution in [1.29, 1.82) is 0 Å². The fraction of sp³-hybridized carbons (Fsp3) is 0.188. The largest absolute Gasteiger partial charge is 0.433 e. The van der Waals surface area contributed by atoms with E-state index in [4.69, 9.17) is 0 Å². The molecule has 0 fully saturated rings. The maximum Gasteiger partial charge on any atom is 0.433 e. The number of alkyl halides is 3. The van der Waals surface area contributed by atoms with E-state index in [2.05, 4.69) is 15.0 Å². The predicted octanol–water partition coefficient (Wildman–Crippen LogP) is 3.90. The smallest absolute Gasteiger partial charge is 0.312 e. The number of hydrogen-bond acceptors (Lipinski definition) is 4. The Labute approximate surface area is 142 Å². The number of pyridine rings is 1. The summed E-state index contributed by atoms with van der Waals surface area (Å²) in [6, 6.07) is 7.46. The zero-order valence-corrected chi connectivity index (χ0v) is 13.7. The van der Waals surface area contributed by atoms with Crippen molar-refractivity contribution in [1.82, 2.24) is 19.5 Å². The van der Waals surface area contributed by atoms with E-state index < -0.39 is 11.9 Å². The minimum absolute atomic E-state index is 0.147. The molecule has 4 aromatic rings. The van der Waals surface area contributed by atoms with Crippen molar-refractivity contribution >= 4 is 32.7 Å². The number of thiazole rings is 1. The molecule has 0 atom stereocenters. The highest BCUT2D eigenvalue weighted by atomic mass is 32.1. The second kappa shape index (κ2) is 5.41. The second-order valence-corrected chi connectivity index (χ2v) is 6.46. The molecule has 3 aromatic heterocycles. The van der Waals surface area contributed by atoms with Gasteiger partial charge >= 0.3 is 11.0 Å². The standard InChI is InChI=1S/C16H11F3N4OS/c1-2-13-20-10-5-6-12(16(17,18)19)22-14(10)23(13)8-3-4-9-11(7-8)25-15(24)21-9/h3-7H,2H2,1H3,(H,21,24). The van der Waals surface area contributed by atoms with Crippen LogP contribution in [0.3, 0.4) is 0 Å². The van der Waals surface area contributed by atoms with Crippen LogP contribution in [-0.2, 0) is 12.6 Å². The third kappa shape index (κ3) is 2.60. The number of benzene rings is 1. The van der Waals surface area contributed by atoms with Gasteiger partial charge in [0.1, 0.15) is 17.0 Å². The number of imidazole rings is 1. The van der Waals surface area contributed by atoms with Crippen LogP contribution in [0.4, 0.5) is 13.2 Å². The number of hydrogen-bond donors (Lipinski definition) is 1. The van der Waals surface area contributed by atoms with E-state index in [1.165, 1.54) is 6.07 Å². The molecule has 0 aliphatic rings. The molecule has 128 valence electrons. The van der Waals surface area contributed by atoms with Crippen LogP contribution >= 0.6 is 11.3 Å². The number of aryl methyl sites for hydroxylation is 1. The topological polar surface area (TPSA) is 63.6 Å². The molecule has 0 unspecified atom stereocenters. The van der Waals surface area contributed by atoms with E-state index >= 15 is 0 Å². The number of H-pyrrole nitrogens is 1. The Kier molecular flexibility index (Phi) is 3.43. The van der Waals surface area contributed by atoms with Gasteiger partial charge in [-0.15, -0.1) is 0 Å². The SMILES string of the molecule is CCc1nc2ccc(C(F)(F)F)nc2n1-c1ccc2[nH]c(=O)sc2c1. The van der Waals surface area contributed by atoms with E-state index in [0.717, 1.165) is 22.1 Å². The highest BCUT2D eigenvalue weighted by Gasteiger charge is 2.33. The Balaban J connectivity index is 2.01. The van der Waals surface area contributed by atoms with Crippen LogP contribution in [0.15, 0.2) is 35.1 Å². The minimum atomic E-state index is -4.53. The van der Waals surface area contributed by atoms with Crippen LogP contribution in [-0.4, -0.2) is 19.5 Å². The van der Waals surface area contributed by atoms with Gasteiger partial charge in [0.05, 0.1) is 15.9 Å². The lowest BCUT2D eigenvalue weighted by molar-refractivity contribution is -0.141. The number of fused-ring (bicyclic) bond motifs is 2. The molecule has 9 heteroatoms. The quantitative estimate of drug-likeness (QED) is 0.587. The first-order chi connectivity index (χ1) is 11.9. The third-order valence-corrected chi connectivity index (χ3v) is 4.69. The Morgan fingerprint density at radius 3 is 2.72 bits per heavy atom. The summed E-state index contributed by atoms with van der Waals surface area (Å²) in [5, 5.41) is 0. The van der Waals surface area contributed by atoms with Crippen LogP contribution in [0.25, 0.3) is 27.1 Å². The summed E-state index contributed by atoms with van der Waals surface area (Å²) >= 11 is 1.04. The van der Waals surface area contributed by atoms with Crippen molar-refractivity contribution in [2.75, 3.05) is 0 Å². The van der Waals surface area contributed by atoms with Crippen LogP contribution in [0.5, 0.6) is 0 Å². The van der Waals surface area contributed by atoms with Gasteiger partial charge in [-0.1, -0.05) is 18.3 Å². The predicted molar refractivity (Wildman–Crippen MR) is 89.2 cm³/mol. The fourth-order valence-corrected chi connectivity index (χ4v) is 3.51. The van der Waals surface area contributed by atoms with Crippen LogP contribution in [0, 0.1) is 0 Å². The monoisotopic (exact) mass is 364 g/mol. The number of aromatic nitrogens is 4. The summed E-state index contributed by atoms with van der Waals surface area (Å²) < 4.78 is 41.4. The zero-order chi connectivity index (χ0) is 17.8. The maximum atomic E-state index is 13.0. The highest BCUT2D eigenvalue weighted by molar-refractivity contribution is 7.16. The molecule has 25 heavy (non-hydrogen) atoms. The molecular formula is C16H11F3N4OS. The lowest BCUT2D eigenvalue weighted by atomic mass is 10.2. The van der Waals surface area contributed by atoms with Gasteiger partial charge in [0.25, 0.3) is 0 Å². The molecule has 0 radical (unpaired) electrons. The summed E-state index contributed by atoms with van der Waals surface area (Å²) in [4.78, 5) is 22.2. The summed E-state index contributed by atoms with van der Waals surface area (Å²) in [6.07, 6.45) is -4.00. The van der Waals surface area contributed by atoms with Crippen LogP contribution < -0.4 is 4.87 Å². The van der Waals surface area contributed by atoms with Gasteiger partial charge in [0, 0.05) is 6.42 Å². The zero-order valence-electron chi connectivity index (χ0n) is 12.9. The van der Waals surface area contributed by atoms with Crippen molar-refractivity contribution in [3.8, 4) is 5.69 Å². The summed E-state index contributed by atoms with van der Waals surface area (Å²) in [5.74, 6) is 0.601. The first kappa shape index (κ1) is 15.8. The lowest BCUT2D eigenvalue weighted by Crippen LogP contribution is -2.09. The van der Waals surface area contributed by atoms with Crippen molar-refractivity contribution in [3.05, 3.63) is 51.5 Å². The molecule has 4 rings (SSSR count). The summed E-state index contributed by atoms with van der Waals surface area (Å²) in [7, 11) is 0. The van der Waals surface area contributed by atoms with E-state index in [0.29, 0.717) is 29.0 Å². The molecule has 0 bridgehead atoms. The first-order valence-electron chi connectivity index (χ1n) is 7.45. The van der Waals surface area contributed by atoms with Gasteiger partial charge < -0.3 is 4.98 Å². The van der Waals surface area contributed by atoms with Gasteiger partial charge in [-0.2, -0.15) is 13.2 Å². The van der Waals surface area contributed by atoms with Gasteiger partial charge in [0.15, 0.2) is 5.65 Å². The number of aromatic amines is 1. The van der Waals surface area contributed by atoms with E-state index in [1.807, 2.05) is 6.92 Å². The Morgan fingerprint density at radius 2 is 2.00 bits per heavy atom. The highest BCUT2D eigenvalue weighted by Crippen LogP contribution is 2.30. The Morgan fingerprint density at radius 1 is 1.20 bits per heavy atom. The van der Waals surface area contributed by atoms with Gasteiger partial charge in [-0.3, -0.25) is 9.36 Å². The lowest BCUT2D eigenvalue weighted by Gasteiger charge is -2.09. The van der Waals surface area contributed by atoms with Crippen molar-refractivity contribution < 1.29 is 13.2 Å². The van der Waals surface area contributed by atoms with E-state index in [-0.39, 0.29) is 10.5 Å². The number of nitrogens with one attached hydrogen (secondary N) is 1. The number of rotatable bonds is 2. The number of nitrogens with zero attached hydrogens (tertiary/aromatic N) is 3. The molecule has 5 nitrogen and oxygen atoms in total. The van der Waals surface area contributed by atoms with Crippen LogP contribution in [0.1, 0.15) is 18.4 Å². The molecular weight excluding hydrogens is 353 g/mol. The molecule has 0 aliphatic carbocycles. The molecule has 0 aliphatic heterocycles. The molecule has 0 amide bonds. The third-order valence-electron chi connectivity index (χ3n) is 3.84.